The molecule has 0 bridgehead atoms. The molecule has 1 amide bonds. The van der Waals surface area contributed by atoms with Crippen LogP contribution in [0.25, 0.3) is 0 Å². The zero-order chi connectivity index (χ0) is 16.9. The Morgan fingerprint density at radius 2 is 2.00 bits per heavy atom. The molecule has 1 aromatic carbocycles. The first-order valence-electron chi connectivity index (χ1n) is 8.22. The molecule has 1 fully saturated rings. The number of thioether (sulfide) groups is 1. The Hall–Kier alpha value is -1.85. The number of amides is 1. The summed E-state index contributed by atoms with van der Waals surface area (Å²) in [5.74, 6) is 0.157. The monoisotopic (exact) mass is 341 g/mol. The predicted octanol–water partition coefficient (Wildman–Crippen LogP) is 3.07. The molecule has 2 heterocycles. The van der Waals surface area contributed by atoms with Gasteiger partial charge in [-0.3, -0.25) is 14.7 Å². The molecule has 1 aliphatic rings. The maximum atomic E-state index is 12.8. The van der Waals surface area contributed by atoms with Gasteiger partial charge in [-0.1, -0.05) is 12.1 Å². The van der Waals surface area contributed by atoms with Crippen LogP contribution in [0, 0.1) is 6.92 Å². The van der Waals surface area contributed by atoms with Crippen LogP contribution in [0.5, 0.6) is 0 Å². The summed E-state index contributed by atoms with van der Waals surface area (Å²) in [7, 11) is 0. The number of rotatable bonds is 4. The molecule has 0 saturated carbocycles. The van der Waals surface area contributed by atoms with E-state index in [1.165, 1.54) is 5.56 Å². The van der Waals surface area contributed by atoms with Crippen LogP contribution >= 0.6 is 11.8 Å². The fourth-order valence-corrected chi connectivity index (χ4v) is 3.43. The molecule has 5 heteroatoms. The number of hydrogen-bond donors (Lipinski definition) is 0. The van der Waals surface area contributed by atoms with Crippen LogP contribution in [-0.4, -0.2) is 53.1 Å². The highest BCUT2D eigenvalue weighted by Crippen LogP contribution is 2.21. The van der Waals surface area contributed by atoms with Gasteiger partial charge in [0, 0.05) is 55.6 Å². The highest BCUT2D eigenvalue weighted by Gasteiger charge is 2.23. The average Bonchev–Trinajstić information content (AvgIpc) is 2.63. The first-order valence-corrected chi connectivity index (χ1v) is 9.45. The van der Waals surface area contributed by atoms with Crippen molar-refractivity contribution >= 4 is 17.7 Å². The van der Waals surface area contributed by atoms with Gasteiger partial charge in [-0.15, -0.1) is 11.8 Å². The number of carbonyl (C=O) groups is 1. The highest BCUT2D eigenvalue weighted by atomic mass is 32.2. The summed E-state index contributed by atoms with van der Waals surface area (Å²) in [6.07, 6.45) is 5.75. The molecular weight excluding hydrogens is 318 g/mol. The second-order valence-electron chi connectivity index (χ2n) is 6.11. The maximum absolute atomic E-state index is 12.8. The number of hydrogen-bond acceptors (Lipinski definition) is 4. The SMILES string of the molecule is CSc1ccc(C)c(C(=O)N2CCN(Cc3cccnc3)CC2)c1. The van der Waals surface area contributed by atoms with Crippen LogP contribution in [0.2, 0.25) is 0 Å². The zero-order valence-corrected chi connectivity index (χ0v) is 15.1. The van der Waals surface area contributed by atoms with E-state index in [4.69, 9.17) is 0 Å². The lowest BCUT2D eigenvalue weighted by molar-refractivity contribution is 0.0627. The third-order valence-electron chi connectivity index (χ3n) is 4.46. The van der Waals surface area contributed by atoms with E-state index in [2.05, 4.69) is 22.0 Å². The van der Waals surface area contributed by atoms with Gasteiger partial charge < -0.3 is 4.90 Å². The molecule has 126 valence electrons. The van der Waals surface area contributed by atoms with Crippen molar-refractivity contribution in [3.63, 3.8) is 0 Å². The highest BCUT2D eigenvalue weighted by molar-refractivity contribution is 7.98. The van der Waals surface area contributed by atoms with E-state index in [1.807, 2.05) is 42.5 Å². The van der Waals surface area contributed by atoms with Crippen LogP contribution in [0.3, 0.4) is 0 Å². The minimum absolute atomic E-state index is 0.157. The molecule has 0 atom stereocenters. The van der Waals surface area contributed by atoms with Crippen molar-refractivity contribution in [1.29, 1.82) is 0 Å². The summed E-state index contributed by atoms with van der Waals surface area (Å²) in [5, 5.41) is 0. The molecule has 0 aliphatic carbocycles. The molecule has 0 radical (unpaired) electrons. The minimum atomic E-state index is 0.157. The maximum Gasteiger partial charge on any atom is 0.254 e. The lowest BCUT2D eigenvalue weighted by atomic mass is 10.1. The largest absolute Gasteiger partial charge is 0.336 e. The Labute approximate surface area is 147 Å². The van der Waals surface area contributed by atoms with E-state index in [9.17, 15) is 4.79 Å². The number of carbonyl (C=O) groups excluding carboxylic acids is 1. The van der Waals surface area contributed by atoms with Gasteiger partial charge in [0.15, 0.2) is 0 Å². The molecule has 2 aromatic rings. The number of nitrogens with zero attached hydrogens (tertiary/aromatic N) is 3. The molecule has 24 heavy (non-hydrogen) atoms. The van der Waals surface area contributed by atoms with E-state index in [0.717, 1.165) is 48.7 Å². The van der Waals surface area contributed by atoms with E-state index in [-0.39, 0.29) is 5.91 Å². The Morgan fingerprint density at radius 1 is 1.21 bits per heavy atom. The van der Waals surface area contributed by atoms with E-state index in [1.54, 1.807) is 18.0 Å². The molecular formula is C19H23N3OS. The second-order valence-corrected chi connectivity index (χ2v) is 6.99. The van der Waals surface area contributed by atoms with Gasteiger partial charge in [0.2, 0.25) is 0 Å². The smallest absolute Gasteiger partial charge is 0.254 e. The summed E-state index contributed by atoms with van der Waals surface area (Å²) < 4.78 is 0. The van der Waals surface area contributed by atoms with E-state index < -0.39 is 0 Å². The van der Waals surface area contributed by atoms with Crippen LogP contribution < -0.4 is 0 Å². The molecule has 0 unspecified atom stereocenters. The van der Waals surface area contributed by atoms with E-state index >= 15 is 0 Å². The normalized spacial score (nSPS) is 15.5. The van der Waals surface area contributed by atoms with Gasteiger partial charge in [-0.25, -0.2) is 0 Å². The van der Waals surface area contributed by atoms with Crippen molar-refractivity contribution in [2.75, 3.05) is 32.4 Å². The summed E-state index contributed by atoms with van der Waals surface area (Å²) in [6.45, 7) is 6.28. The Kier molecular flexibility index (Phi) is 5.53. The quantitative estimate of drug-likeness (QED) is 0.801. The van der Waals surface area contributed by atoms with E-state index in [0.29, 0.717) is 0 Å². The van der Waals surface area contributed by atoms with Crippen LogP contribution in [0.4, 0.5) is 0 Å². The fourth-order valence-electron chi connectivity index (χ4n) is 2.99. The molecule has 0 N–H and O–H groups in total. The fraction of sp³-hybridized carbons (Fsp3) is 0.368. The Bertz CT molecular complexity index is 697. The summed E-state index contributed by atoms with van der Waals surface area (Å²) >= 11 is 1.67. The third kappa shape index (κ3) is 3.97. The number of pyridine rings is 1. The number of piperazine rings is 1. The van der Waals surface area contributed by atoms with Gasteiger partial charge >= 0.3 is 0 Å². The third-order valence-corrected chi connectivity index (χ3v) is 5.19. The summed E-state index contributed by atoms with van der Waals surface area (Å²) in [4.78, 5) is 22.5. The molecule has 4 nitrogen and oxygen atoms in total. The number of benzene rings is 1. The van der Waals surface area contributed by atoms with Crippen LogP contribution in [0.15, 0.2) is 47.6 Å². The Balaban J connectivity index is 1.61. The lowest BCUT2D eigenvalue weighted by Gasteiger charge is -2.35. The van der Waals surface area contributed by atoms with Crippen molar-refractivity contribution in [2.45, 2.75) is 18.4 Å². The van der Waals surface area contributed by atoms with Crippen molar-refractivity contribution in [3.05, 3.63) is 59.4 Å². The average molecular weight is 341 g/mol. The van der Waals surface area contributed by atoms with Crippen molar-refractivity contribution < 1.29 is 4.79 Å². The molecule has 3 rings (SSSR count). The summed E-state index contributed by atoms with van der Waals surface area (Å²) in [5.41, 5.74) is 3.11. The van der Waals surface area contributed by atoms with Crippen molar-refractivity contribution in [1.82, 2.24) is 14.8 Å². The van der Waals surface area contributed by atoms with Gasteiger partial charge in [0.1, 0.15) is 0 Å². The first kappa shape index (κ1) is 17.0. The Morgan fingerprint density at radius 3 is 2.67 bits per heavy atom. The van der Waals surface area contributed by atoms with Crippen LogP contribution in [-0.2, 0) is 6.54 Å². The van der Waals surface area contributed by atoms with Crippen molar-refractivity contribution in [2.24, 2.45) is 0 Å². The molecule has 1 aromatic heterocycles. The summed E-state index contributed by atoms with van der Waals surface area (Å²) in [6, 6.07) is 10.2. The van der Waals surface area contributed by atoms with Crippen LogP contribution in [0.1, 0.15) is 21.5 Å². The van der Waals surface area contributed by atoms with Gasteiger partial charge in [0.25, 0.3) is 5.91 Å². The molecule has 1 aliphatic heterocycles. The minimum Gasteiger partial charge on any atom is -0.336 e. The number of aryl methyl sites for hydroxylation is 1. The number of aromatic nitrogens is 1. The second kappa shape index (κ2) is 7.81. The lowest BCUT2D eigenvalue weighted by Crippen LogP contribution is -2.48. The zero-order valence-electron chi connectivity index (χ0n) is 14.2. The standard InChI is InChI=1S/C19H23N3OS/c1-15-5-6-17(24-2)12-18(15)19(23)22-10-8-21(9-11-22)14-16-4-3-7-20-13-16/h3-7,12-13H,8-11,14H2,1-2H3. The topological polar surface area (TPSA) is 36.4 Å². The van der Waals surface area contributed by atoms with Gasteiger partial charge in [0.05, 0.1) is 0 Å². The molecule has 1 saturated heterocycles. The molecule has 0 spiro atoms. The predicted molar refractivity (Wildman–Crippen MR) is 98.4 cm³/mol. The van der Waals surface area contributed by atoms with Gasteiger partial charge in [-0.2, -0.15) is 0 Å². The van der Waals surface area contributed by atoms with Crippen molar-refractivity contribution in [3.8, 4) is 0 Å². The first-order chi connectivity index (χ1) is 11.7. The van der Waals surface area contributed by atoms with Gasteiger partial charge in [-0.05, 0) is 42.5 Å².